The molecule has 0 aliphatic heterocycles. The zero-order valence-corrected chi connectivity index (χ0v) is 8.84. The van der Waals surface area contributed by atoms with Crippen LogP contribution in [0.25, 0.3) is 5.76 Å². The summed E-state index contributed by atoms with van der Waals surface area (Å²) in [6.07, 6.45) is 1.28. The maximum atomic E-state index is 11.0. The third-order valence-corrected chi connectivity index (χ3v) is 1.74. The maximum Gasteiger partial charge on any atom is 0.341 e. The van der Waals surface area contributed by atoms with E-state index in [1.54, 1.807) is 24.3 Å². The summed E-state index contributed by atoms with van der Waals surface area (Å²) in [6.45, 7) is 0.918. The van der Waals surface area contributed by atoms with Crippen molar-refractivity contribution in [3.8, 4) is 0 Å². The molecule has 0 spiro atoms. The van der Waals surface area contributed by atoms with Crippen molar-refractivity contribution < 1.29 is 19.4 Å². The van der Waals surface area contributed by atoms with Gasteiger partial charge in [0.15, 0.2) is 12.4 Å². The molecule has 0 heterocycles. The van der Waals surface area contributed by atoms with Crippen molar-refractivity contribution in [1.29, 1.82) is 0 Å². The first-order valence-corrected chi connectivity index (χ1v) is 4.72. The molecule has 1 N–H and O–H groups in total. The van der Waals surface area contributed by atoms with Crippen LogP contribution in [-0.2, 0) is 14.3 Å². The number of hydrogen-bond acceptors (Lipinski definition) is 3. The second-order valence-electron chi connectivity index (χ2n) is 3.17. The van der Waals surface area contributed by atoms with E-state index in [0.29, 0.717) is 5.56 Å². The molecule has 1 aromatic rings. The van der Waals surface area contributed by atoms with Gasteiger partial charge in [0.2, 0.25) is 0 Å². The van der Waals surface area contributed by atoms with Crippen molar-refractivity contribution in [1.82, 2.24) is 0 Å². The van der Waals surface area contributed by atoms with E-state index >= 15 is 0 Å². The fourth-order valence-corrected chi connectivity index (χ4v) is 1.13. The van der Waals surface area contributed by atoms with Crippen LogP contribution in [0.3, 0.4) is 0 Å². The first kappa shape index (κ1) is 12.0. The number of ketones is 1. The second kappa shape index (κ2) is 5.70. The fraction of sp³-hybridized carbons (Fsp3) is 0.167. The molecule has 0 aliphatic rings. The predicted octanol–water partition coefficient (Wildman–Crippen LogP) is 1.72. The predicted molar refractivity (Wildman–Crippen MR) is 58.7 cm³/mol. The van der Waals surface area contributed by atoms with E-state index in [0.717, 1.165) is 0 Å². The molecule has 4 heteroatoms. The average molecular weight is 220 g/mol. The molecule has 0 saturated carbocycles. The van der Waals surface area contributed by atoms with E-state index in [4.69, 9.17) is 9.84 Å². The summed E-state index contributed by atoms with van der Waals surface area (Å²) in [5, 5.41) is 8.51. The molecule has 0 bridgehead atoms. The number of carboxylic acid groups (broad SMARTS) is 1. The van der Waals surface area contributed by atoms with Crippen LogP contribution >= 0.6 is 0 Å². The molecule has 1 rings (SSSR count). The number of aliphatic carboxylic acids is 1. The minimum absolute atomic E-state index is 0.191. The standard InChI is InChI=1S/C12H12O4/c1-9(13)7-11(16-8-12(14)15)10-5-3-2-4-6-10/h2-7H,8H2,1H3,(H,14,15). The topological polar surface area (TPSA) is 63.6 Å². The van der Waals surface area contributed by atoms with E-state index in [1.165, 1.54) is 13.0 Å². The van der Waals surface area contributed by atoms with Crippen LogP contribution < -0.4 is 0 Å². The minimum atomic E-state index is -1.08. The van der Waals surface area contributed by atoms with Gasteiger partial charge in [0, 0.05) is 11.6 Å². The molecule has 0 aromatic heterocycles. The molecule has 1 aromatic carbocycles. The third kappa shape index (κ3) is 3.96. The second-order valence-corrected chi connectivity index (χ2v) is 3.17. The lowest BCUT2D eigenvalue weighted by atomic mass is 10.1. The molecule has 0 amide bonds. The largest absolute Gasteiger partial charge is 0.481 e. The lowest BCUT2D eigenvalue weighted by Gasteiger charge is -2.07. The van der Waals surface area contributed by atoms with Crippen LogP contribution in [0.15, 0.2) is 36.4 Å². The molecule has 0 fully saturated rings. The minimum Gasteiger partial charge on any atom is -0.481 e. The molecule has 84 valence electrons. The zero-order chi connectivity index (χ0) is 12.0. The Morgan fingerprint density at radius 1 is 1.31 bits per heavy atom. The third-order valence-electron chi connectivity index (χ3n) is 1.74. The van der Waals surface area contributed by atoms with Crippen molar-refractivity contribution in [3.05, 3.63) is 42.0 Å². The van der Waals surface area contributed by atoms with Gasteiger partial charge in [-0.2, -0.15) is 0 Å². The highest BCUT2D eigenvalue weighted by molar-refractivity contribution is 5.93. The van der Waals surface area contributed by atoms with Crippen LogP contribution in [0.2, 0.25) is 0 Å². The molecule has 0 unspecified atom stereocenters. The number of carboxylic acids is 1. The average Bonchev–Trinajstić information content (AvgIpc) is 2.25. The normalized spacial score (nSPS) is 10.9. The first-order valence-electron chi connectivity index (χ1n) is 4.72. The van der Waals surface area contributed by atoms with Crippen LogP contribution in [0, 0.1) is 0 Å². The van der Waals surface area contributed by atoms with Crippen LogP contribution in [0.1, 0.15) is 12.5 Å². The van der Waals surface area contributed by atoms with Crippen molar-refractivity contribution in [3.63, 3.8) is 0 Å². The van der Waals surface area contributed by atoms with E-state index in [9.17, 15) is 9.59 Å². The van der Waals surface area contributed by atoms with Crippen molar-refractivity contribution in [2.24, 2.45) is 0 Å². The number of allylic oxidation sites excluding steroid dienone is 1. The molecule has 0 radical (unpaired) electrons. The number of hydrogen-bond donors (Lipinski definition) is 1. The number of carbonyl (C=O) groups is 2. The number of ether oxygens (including phenoxy) is 1. The molecule has 0 aliphatic carbocycles. The van der Waals surface area contributed by atoms with Gasteiger partial charge in [-0.15, -0.1) is 0 Å². The first-order chi connectivity index (χ1) is 7.59. The van der Waals surface area contributed by atoms with Gasteiger partial charge in [-0.3, -0.25) is 4.79 Å². The van der Waals surface area contributed by atoms with E-state index in [2.05, 4.69) is 0 Å². The van der Waals surface area contributed by atoms with E-state index in [1.807, 2.05) is 6.07 Å². The van der Waals surface area contributed by atoms with Crippen molar-refractivity contribution >= 4 is 17.5 Å². The highest BCUT2D eigenvalue weighted by atomic mass is 16.5. The Balaban J connectivity index is 2.88. The smallest absolute Gasteiger partial charge is 0.341 e. The summed E-state index contributed by atoms with van der Waals surface area (Å²) in [5.74, 6) is -0.995. The lowest BCUT2D eigenvalue weighted by Crippen LogP contribution is -2.07. The lowest BCUT2D eigenvalue weighted by molar-refractivity contribution is -0.140. The number of rotatable bonds is 5. The SMILES string of the molecule is CC(=O)C=C(OCC(=O)O)c1ccccc1. The summed E-state index contributed by atoms with van der Waals surface area (Å²) in [7, 11) is 0. The number of benzene rings is 1. The van der Waals surface area contributed by atoms with Gasteiger partial charge < -0.3 is 9.84 Å². The Kier molecular flexibility index (Phi) is 4.27. The summed E-state index contributed by atoms with van der Waals surface area (Å²) in [4.78, 5) is 21.4. The van der Waals surface area contributed by atoms with Gasteiger partial charge >= 0.3 is 5.97 Å². The Hall–Kier alpha value is -2.10. The van der Waals surface area contributed by atoms with Crippen molar-refractivity contribution in [2.75, 3.05) is 6.61 Å². The fourth-order valence-electron chi connectivity index (χ4n) is 1.13. The quantitative estimate of drug-likeness (QED) is 0.606. The monoisotopic (exact) mass is 220 g/mol. The summed E-state index contributed by atoms with van der Waals surface area (Å²) < 4.78 is 5.04. The van der Waals surface area contributed by atoms with Gasteiger partial charge in [-0.25, -0.2) is 4.79 Å². The van der Waals surface area contributed by atoms with E-state index in [-0.39, 0.29) is 11.5 Å². The van der Waals surface area contributed by atoms with Crippen LogP contribution in [0.5, 0.6) is 0 Å². The molecule has 0 atom stereocenters. The highest BCUT2D eigenvalue weighted by Gasteiger charge is 2.06. The maximum absolute atomic E-state index is 11.0. The van der Waals surface area contributed by atoms with Gasteiger partial charge in [-0.1, -0.05) is 30.3 Å². The zero-order valence-electron chi connectivity index (χ0n) is 8.84. The molecular formula is C12H12O4. The van der Waals surface area contributed by atoms with E-state index < -0.39 is 12.6 Å². The summed E-state index contributed by atoms with van der Waals surface area (Å²) >= 11 is 0. The van der Waals surface area contributed by atoms with Gasteiger partial charge in [0.05, 0.1) is 0 Å². The van der Waals surface area contributed by atoms with Gasteiger partial charge in [0.1, 0.15) is 5.76 Å². The van der Waals surface area contributed by atoms with Crippen LogP contribution in [0.4, 0.5) is 0 Å². The molecule has 16 heavy (non-hydrogen) atoms. The highest BCUT2D eigenvalue weighted by Crippen LogP contribution is 2.15. The Bertz CT molecular complexity index is 406. The summed E-state index contributed by atoms with van der Waals surface area (Å²) in [6, 6.07) is 8.89. The Morgan fingerprint density at radius 2 is 1.94 bits per heavy atom. The molecular weight excluding hydrogens is 208 g/mol. The molecule has 0 saturated heterocycles. The van der Waals surface area contributed by atoms with Crippen molar-refractivity contribution in [2.45, 2.75) is 6.92 Å². The van der Waals surface area contributed by atoms with Gasteiger partial charge in [-0.05, 0) is 6.92 Å². The molecule has 4 nitrogen and oxygen atoms in total. The summed E-state index contributed by atoms with van der Waals surface area (Å²) in [5.41, 5.74) is 0.680. The Morgan fingerprint density at radius 3 is 2.44 bits per heavy atom. The number of carbonyl (C=O) groups excluding carboxylic acids is 1. The Labute approximate surface area is 93.2 Å². The van der Waals surface area contributed by atoms with Crippen LogP contribution in [-0.4, -0.2) is 23.5 Å². The van der Waals surface area contributed by atoms with Gasteiger partial charge in [0.25, 0.3) is 0 Å².